The van der Waals surface area contributed by atoms with Crippen LogP contribution < -0.4 is 14.8 Å². The lowest BCUT2D eigenvalue weighted by atomic mass is 9.59. The van der Waals surface area contributed by atoms with Crippen molar-refractivity contribution in [1.29, 1.82) is 0 Å². The van der Waals surface area contributed by atoms with E-state index in [1.807, 2.05) is 6.07 Å². The SMILES string of the molecule is COc1ccc([C@H]2OCCC34C[C@@H](C[C@H]23)C(C)(C)[C@H]4NC(C)=O)cc1OC(F)F. The van der Waals surface area contributed by atoms with E-state index in [0.717, 1.165) is 24.8 Å². The number of fused-ring (bicyclic) bond motifs is 1. The van der Waals surface area contributed by atoms with Crippen LogP contribution in [0.5, 0.6) is 11.5 Å². The molecule has 0 radical (unpaired) electrons. The van der Waals surface area contributed by atoms with Crippen molar-refractivity contribution >= 4 is 5.91 Å². The van der Waals surface area contributed by atoms with E-state index in [-0.39, 0.29) is 46.3 Å². The van der Waals surface area contributed by atoms with Crippen molar-refractivity contribution in [3.05, 3.63) is 23.8 Å². The average Bonchev–Trinajstić information content (AvgIpc) is 3.13. The van der Waals surface area contributed by atoms with Gasteiger partial charge in [0.05, 0.1) is 13.2 Å². The van der Waals surface area contributed by atoms with Gasteiger partial charge in [-0.1, -0.05) is 19.9 Å². The van der Waals surface area contributed by atoms with Crippen LogP contribution in [0.2, 0.25) is 0 Å². The largest absolute Gasteiger partial charge is 0.493 e. The predicted octanol–water partition coefficient (Wildman–Crippen LogP) is 4.32. The number of nitrogens with one attached hydrogen (secondary N) is 1. The Morgan fingerprint density at radius 3 is 2.72 bits per heavy atom. The van der Waals surface area contributed by atoms with Crippen LogP contribution in [-0.4, -0.2) is 32.3 Å². The number of methoxy groups -OCH3 is 1. The highest BCUT2D eigenvalue weighted by Gasteiger charge is 2.68. The maximum Gasteiger partial charge on any atom is 0.387 e. The molecule has 5 nitrogen and oxygen atoms in total. The second-order valence-corrected chi connectivity index (χ2v) is 9.26. The molecule has 1 aromatic carbocycles. The molecule has 1 heterocycles. The summed E-state index contributed by atoms with van der Waals surface area (Å²) in [6, 6.07) is 5.21. The molecule has 3 aliphatic rings. The quantitative estimate of drug-likeness (QED) is 0.787. The fourth-order valence-corrected chi connectivity index (χ4v) is 6.38. The third-order valence-electron chi connectivity index (χ3n) is 7.58. The summed E-state index contributed by atoms with van der Waals surface area (Å²) >= 11 is 0. The Bertz CT molecular complexity index is 799. The molecule has 1 amide bonds. The first-order chi connectivity index (χ1) is 13.7. The minimum absolute atomic E-state index is 0.0103. The maximum atomic E-state index is 12.9. The Hall–Kier alpha value is -1.89. The highest BCUT2D eigenvalue weighted by molar-refractivity contribution is 5.73. The second kappa shape index (κ2) is 7.11. The third-order valence-corrected chi connectivity index (χ3v) is 7.58. The van der Waals surface area contributed by atoms with Crippen molar-refractivity contribution in [2.45, 2.75) is 58.8 Å². The smallest absolute Gasteiger partial charge is 0.387 e. The molecule has 1 aliphatic heterocycles. The minimum Gasteiger partial charge on any atom is -0.493 e. The maximum absolute atomic E-state index is 12.9. The number of hydrogen-bond acceptors (Lipinski definition) is 4. The molecule has 1 saturated heterocycles. The highest BCUT2D eigenvalue weighted by atomic mass is 19.3. The number of alkyl halides is 2. The molecule has 1 unspecified atom stereocenters. The van der Waals surface area contributed by atoms with E-state index in [2.05, 4.69) is 23.9 Å². The number of halogens is 2. The minimum atomic E-state index is -2.93. The van der Waals surface area contributed by atoms with Gasteiger partial charge in [-0.25, -0.2) is 0 Å². The van der Waals surface area contributed by atoms with E-state index in [4.69, 9.17) is 9.47 Å². The summed E-state index contributed by atoms with van der Waals surface area (Å²) in [5.74, 6) is 0.987. The summed E-state index contributed by atoms with van der Waals surface area (Å²) in [5.41, 5.74) is 0.804. The first-order valence-electron chi connectivity index (χ1n) is 10.2. The van der Waals surface area contributed by atoms with Crippen molar-refractivity contribution in [2.75, 3.05) is 13.7 Å². The molecule has 2 saturated carbocycles. The Labute approximate surface area is 170 Å². The van der Waals surface area contributed by atoms with Gasteiger partial charge in [-0.15, -0.1) is 0 Å². The van der Waals surface area contributed by atoms with Gasteiger partial charge in [-0.3, -0.25) is 4.79 Å². The lowest BCUT2D eigenvalue weighted by molar-refractivity contribution is -0.136. The monoisotopic (exact) mass is 409 g/mol. The molecule has 1 aromatic rings. The van der Waals surface area contributed by atoms with Crippen LogP contribution in [0.15, 0.2) is 18.2 Å². The molecular formula is C22H29F2NO4. The zero-order chi connectivity index (χ0) is 21.0. The molecule has 29 heavy (non-hydrogen) atoms. The zero-order valence-electron chi connectivity index (χ0n) is 17.3. The number of benzene rings is 1. The third kappa shape index (κ3) is 3.18. The summed E-state index contributed by atoms with van der Waals surface area (Å²) in [6.45, 7) is 3.72. The standard InChI is InChI=1S/C22H29F2NO4/c1-12(26)25-19-21(2,3)14-10-15-18(28-8-7-22(15,19)11-14)13-5-6-16(27-4)17(9-13)29-20(23)24/h5-6,9,14-15,18-20H,7-8,10-11H2,1-4H3,(H,25,26)/t14-,15-,18-,19-,22?/m1/s1. The summed E-state index contributed by atoms with van der Waals surface area (Å²) in [6.07, 6.45) is 2.75. The van der Waals surface area contributed by atoms with E-state index in [1.54, 1.807) is 19.1 Å². The van der Waals surface area contributed by atoms with E-state index in [1.165, 1.54) is 7.11 Å². The van der Waals surface area contributed by atoms with E-state index in [0.29, 0.717) is 12.5 Å². The van der Waals surface area contributed by atoms with Crippen LogP contribution in [0.1, 0.15) is 51.7 Å². The molecule has 3 fully saturated rings. The lowest BCUT2D eigenvalue weighted by Gasteiger charge is -2.53. The van der Waals surface area contributed by atoms with Gasteiger partial charge in [-0.05, 0) is 59.6 Å². The number of rotatable bonds is 5. The van der Waals surface area contributed by atoms with Gasteiger partial charge in [-0.2, -0.15) is 8.78 Å². The van der Waals surface area contributed by atoms with E-state index in [9.17, 15) is 13.6 Å². The molecule has 2 bridgehead atoms. The normalized spacial score (nSPS) is 34.7. The predicted molar refractivity (Wildman–Crippen MR) is 103 cm³/mol. The van der Waals surface area contributed by atoms with Crippen molar-refractivity contribution in [1.82, 2.24) is 5.32 Å². The van der Waals surface area contributed by atoms with Gasteiger partial charge in [0, 0.05) is 19.6 Å². The molecule has 0 aromatic heterocycles. The van der Waals surface area contributed by atoms with Crippen LogP contribution in [0.25, 0.3) is 0 Å². The molecule has 5 atom stereocenters. The average molecular weight is 409 g/mol. The van der Waals surface area contributed by atoms with E-state index < -0.39 is 6.61 Å². The van der Waals surface area contributed by atoms with Crippen molar-refractivity contribution < 1.29 is 27.8 Å². The van der Waals surface area contributed by atoms with E-state index >= 15 is 0 Å². The molecule has 1 spiro atoms. The summed E-state index contributed by atoms with van der Waals surface area (Å²) in [4.78, 5) is 12.0. The van der Waals surface area contributed by atoms with Crippen molar-refractivity contribution in [3.63, 3.8) is 0 Å². The van der Waals surface area contributed by atoms with Crippen LogP contribution in [0.3, 0.4) is 0 Å². The fraction of sp³-hybridized carbons (Fsp3) is 0.682. The summed E-state index contributed by atoms with van der Waals surface area (Å²) < 4.78 is 41.7. The Balaban J connectivity index is 1.69. The molecule has 7 heteroatoms. The highest BCUT2D eigenvalue weighted by Crippen LogP contribution is 2.70. The number of carbonyl (C=O) groups is 1. The molecule has 160 valence electrons. The number of ether oxygens (including phenoxy) is 3. The number of hydrogen-bond donors (Lipinski definition) is 1. The van der Waals surface area contributed by atoms with Crippen LogP contribution in [0.4, 0.5) is 8.78 Å². The molecule has 1 N–H and O–H groups in total. The van der Waals surface area contributed by atoms with Crippen LogP contribution in [0, 0.1) is 22.7 Å². The molecule has 2 aliphatic carbocycles. The van der Waals surface area contributed by atoms with Gasteiger partial charge >= 0.3 is 6.61 Å². The topological polar surface area (TPSA) is 56.8 Å². The van der Waals surface area contributed by atoms with Crippen LogP contribution >= 0.6 is 0 Å². The first-order valence-corrected chi connectivity index (χ1v) is 10.2. The van der Waals surface area contributed by atoms with Crippen molar-refractivity contribution in [2.24, 2.45) is 22.7 Å². The Morgan fingerprint density at radius 1 is 1.31 bits per heavy atom. The molecule has 4 rings (SSSR count). The van der Waals surface area contributed by atoms with Gasteiger partial charge in [0.25, 0.3) is 0 Å². The van der Waals surface area contributed by atoms with Crippen molar-refractivity contribution in [3.8, 4) is 11.5 Å². The number of carbonyl (C=O) groups excluding carboxylic acids is 1. The summed E-state index contributed by atoms with van der Waals surface area (Å²) in [7, 11) is 1.43. The van der Waals surface area contributed by atoms with Gasteiger partial charge in [0.1, 0.15) is 0 Å². The Morgan fingerprint density at radius 2 is 2.07 bits per heavy atom. The second-order valence-electron chi connectivity index (χ2n) is 9.26. The zero-order valence-corrected chi connectivity index (χ0v) is 17.3. The Kier molecular flexibility index (Phi) is 5.00. The van der Waals surface area contributed by atoms with Crippen LogP contribution in [-0.2, 0) is 9.53 Å². The van der Waals surface area contributed by atoms with Gasteiger partial charge < -0.3 is 19.5 Å². The molecular weight excluding hydrogens is 380 g/mol. The van der Waals surface area contributed by atoms with Gasteiger partial charge in [0.15, 0.2) is 11.5 Å². The summed E-state index contributed by atoms with van der Waals surface area (Å²) in [5, 5.41) is 3.24. The van der Waals surface area contributed by atoms with Gasteiger partial charge in [0.2, 0.25) is 5.91 Å². The lowest BCUT2D eigenvalue weighted by Crippen LogP contribution is -2.58. The first kappa shape index (κ1) is 20.4. The number of amides is 1. The fourth-order valence-electron chi connectivity index (χ4n) is 6.38.